The Morgan fingerprint density at radius 1 is 1.17 bits per heavy atom. The van der Waals surface area contributed by atoms with Gasteiger partial charge in [-0.05, 0) is 45.4 Å². The van der Waals surface area contributed by atoms with E-state index < -0.39 is 0 Å². The second kappa shape index (κ2) is 5.60. The Morgan fingerprint density at radius 2 is 1.72 bits per heavy atom. The van der Waals surface area contributed by atoms with Gasteiger partial charge in [0.1, 0.15) is 5.60 Å². The molecule has 2 aliphatic carbocycles. The lowest BCUT2D eigenvalue weighted by Crippen LogP contribution is -2.36. The summed E-state index contributed by atoms with van der Waals surface area (Å²) in [4.78, 5) is 11.6. The van der Waals surface area contributed by atoms with Gasteiger partial charge in [-0.15, -0.1) is 0 Å². The van der Waals surface area contributed by atoms with E-state index in [0.29, 0.717) is 12.6 Å². The van der Waals surface area contributed by atoms with Crippen LogP contribution in [0.3, 0.4) is 0 Å². The number of hydrogen-bond acceptors (Lipinski definition) is 3. The van der Waals surface area contributed by atoms with Crippen molar-refractivity contribution in [3.8, 4) is 0 Å². The molecule has 0 unspecified atom stereocenters. The molecule has 18 heavy (non-hydrogen) atoms. The fraction of sp³-hybridized carbons (Fsp3) is 0.933. The van der Waals surface area contributed by atoms with Crippen molar-refractivity contribution in [2.45, 2.75) is 70.9 Å². The van der Waals surface area contributed by atoms with Crippen molar-refractivity contribution >= 4 is 5.97 Å². The molecule has 104 valence electrons. The van der Waals surface area contributed by atoms with Crippen molar-refractivity contribution in [1.82, 2.24) is 5.32 Å². The molecule has 0 saturated heterocycles. The molecule has 0 amide bonds. The monoisotopic (exact) mass is 253 g/mol. The third kappa shape index (κ3) is 3.98. The third-order valence-electron chi connectivity index (χ3n) is 4.20. The summed E-state index contributed by atoms with van der Waals surface area (Å²) in [5.74, 6) is 1.70. The molecule has 0 bridgehead atoms. The molecule has 0 spiro atoms. The fourth-order valence-electron chi connectivity index (χ4n) is 3.50. The van der Waals surface area contributed by atoms with Crippen LogP contribution in [-0.2, 0) is 9.53 Å². The number of hydrogen-bond donors (Lipinski definition) is 1. The molecule has 2 aliphatic rings. The number of carbonyl (C=O) groups excluding carboxylic acids is 1. The number of nitrogens with one attached hydrogen (secondary N) is 1. The van der Waals surface area contributed by atoms with Crippen molar-refractivity contribution in [3.05, 3.63) is 0 Å². The minimum atomic E-state index is -0.373. The SMILES string of the molecule is CC(C)(C)OC(=O)CNC1C[C@H]2CCCC[C@@H]2C1. The summed E-state index contributed by atoms with van der Waals surface area (Å²) in [5, 5.41) is 3.39. The van der Waals surface area contributed by atoms with Crippen molar-refractivity contribution in [3.63, 3.8) is 0 Å². The van der Waals surface area contributed by atoms with Crippen LogP contribution in [0, 0.1) is 11.8 Å². The van der Waals surface area contributed by atoms with Crippen LogP contribution in [0.4, 0.5) is 0 Å². The van der Waals surface area contributed by atoms with Gasteiger partial charge in [0, 0.05) is 6.04 Å². The van der Waals surface area contributed by atoms with Gasteiger partial charge in [0.2, 0.25) is 0 Å². The zero-order valence-corrected chi connectivity index (χ0v) is 12.0. The molecule has 0 heterocycles. The molecule has 0 aromatic heterocycles. The van der Waals surface area contributed by atoms with Crippen LogP contribution in [0.1, 0.15) is 59.3 Å². The summed E-state index contributed by atoms with van der Waals surface area (Å²) in [6.45, 7) is 6.10. The summed E-state index contributed by atoms with van der Waals surface area (Å²) >= 11 is 0. The molecular weight excluding hydrogens is 226 g/mol. The summed E-state index contributed by atoms with van der Waals surface area (Å²) in [5.41, 5.74) is -0.373. The average Bonchev–Trinajstić information content (AvgIpc) is 2.66. The maximum Gasteiger partial charge on any atom is 0.320 e. The van der Waals surface area contributed by atoms with E-state index in [-0.39, 0.29) is 11.6 Å². The van der Waals surface area contributed by atoms with Crippen LogP contribution >= 0.6 is 0 Å². The first-order valence-corrected chi connectivity index (χ1v) is 7.39. The quantitative estimate of drug-likeness (QED) is 0.786. The van der Waals surface area contributed by atoms with Crippen LogP contribution in [0.25, 0.3) is 0 Å². The normalized spacial score (nSPS) is 29.1. The molecular formula is C15H27NO2. The van der Waals surface area contributed by atoms with E-state index in [0.717, 1.165) is 11.8 Å². The van der Waals surface area contributed by atoms with E-state index >= 15 is 0 Å². The van der Waals surface area contributed by atoms with Gasteiger partial charge in [-0.2, -0.15) is 0 Å². The first-order valence-electron chi connectivity index (χ1n) is 7.39. The summed E-state index contributed by atoms with van der Waals surface area (Å²) in [7, 11) is 0. The lowest BCUT2D eigenvalue weighted by molar-refractivity contribution is -0.153. The van der Waals surface area contributed by atoms with Crippen LogP contribution < -0.4 is 5.32 Å². The van der Waals surface area contributed by atoms with E-state index in [1.165, 1.54) is 38.5 Å². The van der Waals surface area contributed by atoms with E-state index in [9.17, 15) is 4.79 Å². The molecule has 2 rings (SSSR count). The van der Waals surface area contributed by atoms with Gasteiger partial charge < -0.3 is 10.1 Å². The minimum absolute atomic E-state index is 0.127. The fourth-order valence-corrected chi connectivity index (χ4v) is 3.50. The standard InChI is InChI=1S/C15H27NO2/c1-15(2,3)18-14(17)10-16-13-8-11-6-4-5-7-12(11)9-13/h11-13,16H,4-10H2,1-3H3/t11-,12-/m1/s1. The highest BCUT2D eigenvalue weighted by atomic mass is 16.6. The Labute approximate surface area is 111 Å². The van der Waals surface area contributed by atoms with Gasteiger partial charge in [0.25, 0.3) is 0 Å². The first kappa shape index (κ1) is 13.9. The molecule has 1 N–H and O–H groups in total. The average molecular weight is 253 g/mol. The van der Waals surface area contributed by atoms with Crippen LogP contribution in [0.5, 0.6) is 0 Å². The van der Waals surface area contributed by atoms with E-state index in [2.05, 4.69) is 5.32 Å². The topological polar surface area (TPSA) is 38.3 Å². The second-order valence-electron chi connectivity index (χ2n) is 6.94. The van der Waals surface area contributed by atoms with E-state index in [1.807, 2.05) is 20.8 Å². The Hall–Kier alpha value is -0.570. The Kier molecular flexibility index (Phi) is 4.31. The lowest BCUT2D eigenvalue weighted by atomic mass is 9.82. The van der Waals surface area contributed by atoms with Gasteiger partial charge in [0.15, 0.2) is 0 Å². The smallest absolute Gasteiger partial charge is 0.320 e. The molecule has 2 fully saturated rings. The van der Waals surface area contributed by atoms with E-state index in [1.54, 1.807) is 0 Å². The Morgan fingerprint density at radius 3 is 2.22 bits per heavy atom. The molecule has 0 aliphatic heterocycles. The number of esters is 1. The number of rotatable bonds is 3. The third-order valence-corrected chi connectivity index (χ3v) is 4.20. The Balaban J connectivity index is 1.70. The van der Waals surface area contributed by atoms with Gasteiger partial charge >= 0.3 is 5.97 Å². The molecule has 2 atom stereocenters. The predicted octanol–water partition coefficient (Wildman–Crippen LogP) is 2.89. The van der Waals surface area contributed by atoms with Crippen molar-refractivity contribution in [2.75, 3.05) is 6.54 Å². The van der Waals surface area contributed by atoms with Gasteiger partial charge in [-0.25, -0.2) is 0 Å². The van der Waals surface area contributed by atoms with Gasteiger partial charge in [-0.3, -0.25) is 4.79 Å². The highest BCUT2D eigenvalue weighted by Gasteiger charge is 2.35. The molecule has 3 nitrogen and oxygen atoms in total. The zero-order chi connectivity index (χ0) is 13.2. The maximum absolute atomic E-state index is 11.6. The maximum atomic E-state index is 11.6. The summed E-state index contributed by atoms with van der Waals surface area (Å²) in [6, 6.07) is 0.533. The largest absolute Gasteiger partial charge is 0.459 e. The van der Waals surface area contributed by atoms with Crippen molar-refractivity contribution < 1.29 is 9.53 Å². The van der Waals surface area contributed by atoms with Crippen LogP contribution in [0.2, 0.25) is 0 Å². The van der Waals surface area contributed by atoms with Gasteiger partial charge in [0.05, 0.1) is 6.54 Å². The predicted molar refractivity (Wildman–Crippen MR) is 72.3 cm³/mol. The van der Waals surface area contributed by atoms with Crippen molar-refractivity contribution in [1.29, 1.82) is 0 Å². The summed E-state index contributed by atoms with van der Waals surface area (Å²) in [6.07, 6.45) is 8.12. The molecule has 0 aromatic rings. The lowest BCUT2D eigenvalue weighted by Gasteiger charge is -2.24. The summed E-state index contributed by atoms with van der Waals surface area (Å²) < 4.78 is 5.31. The Bertz CT molecular complexity index is 281. The van der Waals surface area contributed by atoms with Gasteiger partial charge in [-0.1, -0.05) is 25.7 Å². The number of ether oxygens (including phenoxy) is 1. The second-order valence-corrected chi connectivity index (χ2v) is 6.94. The van der Waals surface area contributed by atoms with E-state index in [4.69, 9.17) is 4.74 Å². The molecule has 2 saturated carbocycles. The molecule has 0 aromatic carbocycles. The highest BCUT2D eigenvalue weighted by molar-refractivity contribution is 5.72. The van der Waals surface area contributed by atoms with Crippen LogP contribution in [-0.4, -0.2) is 24.2 Å². The minimum Gasteiger partial charge on any atom is -0.459 e. The number of fused-ring (bicyclic) bond motifs is 1. The highest BCUT2D eigenvalue weighted by Crippen LogP contribution is 2.42. The zero-order valence-electron chi connectivity index (χ0n) is 12.0. The van der Waals surface area contributed by atoms with Crippen molar-refractivity contribution in [2.24, 2.45) is 11.8 Å². The first-order chi connectivity index (χ1) is 8.44. The number of carbonyl (C=O) groups is 1. The molecule has 3 heteroatoms. The molecule has 0 radical (unpaired) electrons. The van der Waals surface area contributed by atoms with Crippen LogP contribution in [0.15, 0.2) is 0 Å².